The molecule has 4 nitrogen and oxygen atoms in total. The third kappa shape index (κ3) is 3.05. The summed E-state index contributed by atoms with van der Waals surface area (Å²) in [5, 5.41) is 0. The van der Waals surface area contributed by atoms with Gasteiger partial charge in [-0.25, -0.2) is 0 Å². The van der Waals surface area contributed by atoms with Crippen LogP contribution in [-0.2, 0) is 9.47 Å². The molecule has 3 unspecified atom stereocenters. The van der Waals surface area contributed by atoms with E-state index in [-0.39, 0.29) is 5.54 Å². The Bertz CT molecular complexity index is 250. The molecule has 2 aliphatic rings. The van der Waals surface area contributed by atoms with E-state index in [1.54, 1.807) is 0 Å². The van der Waals surface area contributed by atoms with Crippen molar-refractivity contribution in [2.24, 2.45) is 17.6 Å². The first kappa shape index (κ1) is 14.3. The minimum absolute atomic E-state index is 0.0634. The first-order valence-electron chi connectivity index (χ1n) is 7.23. The second kappa shape index (κ2) is 6.33. The molecule has 0 saturated carbocycles. The third-order valence-corrected chi connectivity index (χ3v) is 4.88. The van der Waals surface area contributed by atoms with Crippen LogP contribution in [0.15, 0.2) is 0 Å². The third-order valence-electron chi connectivity index (χ3n) is 4.88. The average molecular weight is 256 g/mol. The van der Waals surface area contributed by atoms with E-state index in [0.29, 0.717) is 18.4 Å². The summed E-state index contributed by atoms with van der Waals surface area (Å²) in [7, 11) is 2.21. The summed E-state index contributed by atoms with van der Waals surface area (Å²) in [6, 6.07) is 0. The first-order valence-corrected chi connectivity index (χ1v) is 7.23. The number of ether oxygens (including phenoxy) is 2. The van der Waals surface area contributed by atoms with Crippen LogP contribution in [0.5, 0.6) is 0 Å². The van der Waals surface area contributed by atoms with E-state index in [2.05, 4.69) is 18.9 Å². The predicted molar refractivity (Wildman–Crippen MR) is 72.6 cm³/mol. The highest BCUT2D eigenvalue weighted by atomic mass is 16.5. The Balaban J connectivity index is 1.92. The lowest BCUT2D eigenvalue weighted by Crippen LogP contribution is -2.56. The molecule has 0 amide bonds. The lowest BCUT2D eigenvalue weighted by atomic mass is 9.82. The summed E-state index contributed by atoms with van der Waals surface area (Å²) >= 11 is 0. The Morgan fingerprint density at radius 1 is 1.22 bits per heavy atom. The van der Waals surface area contributed by atoms with Gasteiger partial charge < -0.3 is 15.2 Å². The van der Waals surface area contributed by atoms with Crippen molar-refractivity contribution in [1.82, 2.24) is 4.90 Å². The van der Waals surface area contributed by atoms with E-state index in [1.807, 2.05) is 0 Å². The van der Waals surface area contributed by atoms with Crippen LogP contribution in [0.4, 0.5) is 0 Å². The molecule has 2 rings (SSSR count). The van der Waals surface area contributed by atoms with Crippen LogP contribution in [0, 0.1) is 11.8 Å². The molecule has 2 heterocycles. The van der Waals surface area contributed by atoms with Crippen LogP contribution in [0.1, 0.15) is 26.2 Å². The van der Waals surface area contributed by atoms with Gasteiger partial charge in [0.15, 0.2) is 0 Å². The van der Waals surface area contributed by atoms with Gasteiger partial charge in [0.25, 0.3) is 0 Å². The molecule has 2 aliphatic heterocycles. The molecule has 4 heteroatoms. The van der Waals surface area contributed by atoms with E-state index >= 15 is 0 Å². The molecule has 0 aliphatic carbocycles. The van der Waals surface area contributed by atoms with Gasteiger partial charge in [-0.2, -0.15) is 0 Å². The Morgan fingerprint density at radius 3 is 2.56 bits per heavy atom. The fourth-order valence-corrected chi connectivity index (χ4v) is 3.21. The van der Waals surface area contributed by atoms with Crippen molar-refractivity contribution in [1.29, 1.82) is 0 Å². The highest BCUT2D eigenvalue weighted by Gasteiger charge is 2.39. The average Bonchev–Trinajstić information content (AvgIpc) is 2.93. The van der Waals surface area contributed by atoms with Crippen LogP contribution in [0.25, 0.3) is 0 Å². The van der Waals surface area contributed by atoms with E-state index in [4.69, 9.17) is 15.2 Å². The summed E-state index contributed by atoms with van der Waals surface area (Å²) in [6.07, 6.45) is 3.62. The summed E-state index contributed by atoms with van der Waals surface area (Å²) in [4.78, 5) is 2.45. The number of rotatable bonds is 5. The van der Waals surface area contributed by atoms with Gasteiger partial charge in [-0.15, -0.1) is 0 Å². The molecular formula is C14H28N2O2. The van der Waals surface area contributed by atoms with E-state index < -0.39 is 0 Å². The van der Waals surface area contributed by atoms with Crippen LogP contribution >= 0.6 is 0 Å². The van der Waals surface area contributed by atoms with Crippen molar-refractivity contribution in [3.05, 3.63) is 0 Å². The molecule has 2 saturated heterocycles. The second-order valence-electron chi connectivity index (χ2n) is 6.09. The Labute approximate surface area is 111 Å². The van der Waals surface area contributed by atoms with Crippen LogP contribution in [-0.4, -0.2) is 57.0 Å². The fraction of sp³-hybridized carbons (Fsp3) is 1.00. The number of hydrogen-bond donors (Lipinski definition) is 1. The molecule has 106 valence electrons. The minimum atomic E-state index is 0.0634. The summed E-state index contributed by atoms with van der Waals surface area (Å²) in [6.45, 7) is 7.67. The van der Waals surface area contributed by atoms with Gasteiger partial charge >= 0.3 is 0 Å². The molecule has 0 spiro atoms. The van der Waals surface area contributed by atoms with E-state index in [9.17, 15) is 0 Å². The van der Waals surface area contributed by atoms with Gasteiger partial charge in [0.2, 0.25) is 0 Å². The van der Waals surface area contributed by atoms with Gasteiger partial charge in [0.05, 0.1) is 13.2 Å². The largest absolute Gasteiger partial charge is 0.381 e. The first-order chi connectivity index (χ1) is 8.66. The zero-order valence-corrected chi connectivity index (χ0v) is 11.9. The molecule has 2 fully saturated rings. The Kier molecular flexibility index (Phi) is 5.01. The van der Waals surface area contributed by atoms with Crippen molar-refractivity contribution in [2.75, 3.05) is 46.6 Å². The molecule has 0 aromatic carbocycles. The minimum Gasteiger partial charge on any atom is -0.381 e. The van der Waals surface area contributed by atoms with Gasteiger partial charge in [0.1, 0.15) is 0 Å². The van der Waals surface area contributed by atoms with Crippen LogP contribution in [0.2, 0.25) is 0 Å². The fourth-order valence-electron chi connectivity index (χ4n) is 3.21. The number of nitrogens with two attached hydrogens (primary N) is 1. The lowest BCUT2D eigenvalue weighted by Gasteiger charge is -2.44. The van der Waals surface area contributed by atoms with Crippen molar-refractivity contribution in [3.63, 3.8) is 0 Å². The van der Waals surface area contributed by atoms with E-state index in [0.717, 1.165) is 39.4 Å². The molecule has 2 N–H and O–H groups in total. The predicted octanol–water partition coefficient (Wildman–Crippen LogP) is 1.10. The molecular weight excluding hydrogens is 228 g/mol. The summed E-state index contributed by atoms with van der Waals surface area (Å²) in [5.41, 5.74) is 6.13. The van der Waals surface area contributed by atoms with Gasteiger partial charge in [-0.1, -0.05) is 0 Å². The van der Waals surface area contributed by atoms with Gasteiger partial charge in [-0.3, -0.25) is 4.90 Å². The standard InChI is InChI=1S/C14H28N2O2/c1-14(11-15,13-5-7-18-10-13)16(2)8-12-4-3-6-17-9-12/h12-13H,3-11,15H2,1-2H3. The highest BCUT2D eigenvalue weighted by molar-refractivity contribution is 4.94. The van der Waals surface area contributed by atoms with Crippen LogP contribution < -0.4 is 5.73 Å². The number of likely N-dealkylation sites (N-methyl/N-ethyl adjacent to an activating group) is 1. The smallest absolute Gasteiger partial charge is 0.0513 e. The highest BCUT2D eigenvalue weighted by Crippen LogP contribution is 2.31. The molecule has 0 bridgehead atoms. The molecule has 18 heavy (non-hydrogen) atoms. The maximum absolute atomic E-state index is 6.06. The van der Waals surface area contributed by atoms with Crippen molar-refractivity contribution >= 4 is 0 Å². The maximum atomic E-state index is 6.06. The molecule has 0 aromatic rings. The van der Waals surface area contributed by atoms with Crippen molar-refractivity contribution in [3.8, 4) is 0 Å². The second-order valence-corrected chi connectivity index (χ2v) is 6.09. The molecule has 0 aromatic heterocycles. The van der Waals surface area contributed by atoms with Crippen LogP contribution in [0.3, 0.4) is 0 Å². The zero-order valence-electron chi connectivity index (χ0n) is 11.9. The van der Waals surface area contributed by atoms with Gasteiger partial charge in [-0.05, 0) is 39.2 Å². The molecule has 0 radical (unpaired) electrons. The summed E-state index contributed by atoms with van der Waals surface area (Å²) in [5.74, 6) is 1.23. The number of nitrogens with zero attached hydrogens (tertiary/aromatic N) is 1. The normalized spacial score (nSPS) is 32.7. The number of hydrogen-bond acceptors (Lipinski definition) is 4. The summed E-state index contributed by atoms with van der Waals surface area (Å²) < 4.78 is 11.1. The Hall–Kier alpha value is -0.160. The maximum Gasteiger partial charge on any atom is 0.0513 e. The van der Waals surface area contributed by atoms with Crippen molar-refractivity contribution < 1.29 is 9.47 Å². The zero-order chi connectivity index (χ0) is 13.0. The van der Waals surface area contributed by atoms with Gasteiger partial charge in [0, 0.05) is 37.8 Å². The quantitative estimate of drug-likeness (QED) is 0.800. The molecule has 3 atom stereocenters. The lowest BCUT2D eigenvalue weighted by molar-refractivity contribution is 0.00677. The topological polar surface area (TPSA) is 47.7 Å². The Morgan fingerprint density at radius 2 is 2.00 bits per heavy atom. The monoisotopic (exact) mass is 256 g/mol. The van der Waals surface area contributed by atoms with Crippen molar-refractivity contribution in [2.45, 2.75) is 31.7 Å². The van der Waals surface area contributed by atoms with E-state index in [1.165, 1.54) is 12.8 Å². The SMILES string of the molecule is CN(CC1CCCOC1)C(C)(CN)C1CCOC1.